The molecule has 0 N–H and O–H groups in total. The third-order valence-electron chi connectivity index (χ3n) is 6.85. The van der Waals surface area contributed by atoms with E-state index >= 15 is 0 Å². The number of hydrogen-bond acceptors (Lipinski definition) is 6. The van der Waals surface area contributed by atoms with E-state index in [1.165, 1.54) is 5.69 Å². The Balaban J connectivity index is 1.52. The van der Waals surface area contributed by atoms with Gasteiger partial charge in [0.15, 0.2) is 0 Å². The first kappa shape index (κ1) is 25.3. The first-order valence-electron chi connectivity index (χ1n) is 13.0. The van der Waals surface area contributed by atoms with Crippen molar-refractivity contribution in [3.05, 3.63) is 90.5 Å². The van der Waals surface area contributed by atoms with Crippen LogP contribution in [-0.4, -0.2) is 83.1 Å². The summed E-state index contributed by atoms with van der Waals surface area (Å²) >= 11 is 0. The van der Waals surface area contributed by atoms with Crippen molar-refractivity contribution in [2.24, 2.45) is 0 Å². The van der Waals surface area contributed by atoms with Crippen LogP contribution in [-0.2, 0) is 13.1 Å². The monoisotopic (exact) mass is 472 g/mol. The van der Waals surface area contributed by atoms with Crippen LogP contribution in [0.4, 0.5) is 5.69 Å². The number of benzene rings is 1. The molecule has 3 heterocycles. The second kappa shape index (κ2) is 13.3. The van der Waals surface area contributed by atoms with Gasteiger partial charge in [-0.2, -0.15) is 0 Å². The Morgan fingerprint density at radius 1 is 0.600 bits per heavy atom. The normalized spacial score (nSPS) is 17.7. The lowest BCUT2D eigenvalue weighted by Gasteiger charge is -2.36. The minimum absolute atomic E-state index is 0.521. The van der Waals surface area contributed by atoms with Gasteiger partial charge in [0.1, 0.15) is 0 Å². The maximum atomic E-state index is 4.60. The van der Waals surface area contributed by atoms with Crippen molar-refractivity contribution in [3.8, 4) is 0 Å². The van der Waals surface area contributed by atoms with Crippen molar-refractivity contribution in [3.63, 3.8) is 0 Å². The number of nitrogens with zero attached hydrogens (tertiary/aromatic N) is 6. The van der Waals surface area contributed by atoms with Crippen molar-refractivity contribution in [1.82, 2.24) is 24.7 Å². The molecule has 0 atom stereocenters. The summed E-state index contributed by atoms with van der Waals surface area (Å²) < 4.78 is 0. The minimum Gasteiger partial charge on any atom is -0.369 e. The summed E-state index contributed by atoms with van der Waals surface area (Å²) in [6.07, 6.45) is 3.80. The van der Waals surface area contributed by atoms with Gasteiger partial charge in [-0.15, -0.1) is 0 Å². The van der Waals surface area contributed by atoms with Gasteiger partial charge in [0.2, 0.25) is 0 Å². The van der Waals surface area contributed by atoms with Crippen LogP contribution in [0.15, 0.2) is 79.1 Å². The molecule has 1 fully saturated rings. The topological polar surface area (TPSA) is 38.7 Å². The maximum absolute atomic E-state index is 4.60. The summed E-state index contributed by atoms with van der Waals surface area (Å²) in [7, 11) is 0. The first-order chi connectivity index (χ1) is 17.2. The second-order valence-corrected chi connectivity index (χ2v) is 9.65. The van der Waals surface area contributed by atoms with Crippen LogP contribution < -0.4 is 4.90 Å². The fourth-order valence-electron chi connectivity index (χ4n) is 4.68. The summed E-state index contributed by atoms with van der Waals surface area (Å²) in [4.78, 5) is 19.5. The second-order valence-electron chi connectivity index (χ2n) is 9.65. The standard InChI is InChI=1S/C29H40N6/c1-26(2)34-20-16-32(24-27-10-6-8-14-30-27)18-22-35(29-12-4-3-5-13-29)23-19-33(17-21-34)25-28-11-7-9-15-31-28/h3-15,26H,16-25H2,1-2H3. The third-order valence-corrected chi connectivity index (χ3v) is 6.85. The van der Waals surface area contributed by atoms with Crippen molar-refractivity contribution < 1.29 is 0 Å². The summed E-state index contributed by atoms with van der Waals surface area (Å²) in [6.45, 7) is 14.6. The summed E-state index contributed by atoms with van der Waals surface area (Å²) in [5, 5.41) is 0. The Bertz CT molecular complexity index is 909. The molecule has 0 amide bonds. The smallest absolute Gasteiger partial charge is 0.0543 e. The van der Waals surface area contributed by atoms with Gasteiger partial charge in [-0.3, -0.25) is 24.7 Å². The lowest BCUT2D eigenvalue weighted by molar-refractivity contribution is 0.142. The Morgan fingerprint density at radius 3 is 1.54 bits per heavy atom. The lowest BCUT2D eigenvalue weighted by atomic mass is 10.2. The van der Waals surface area contributed by atoms with E-state index < -0.39 is 0 Å². The molecule has 6 nitrogen and oxygen atoms in total. The molecule has 3 aromatic rings. The van der Waals surface area contributed by atoms with Gasteiger partial charge in [0.05, 0.1) is 11.4 Å². The van der Waals surface area contributed by atoms with Gasteiger partial charge >= 0.3 is 0 Å². The van der Waals surface area contributed by atoms with E-state index in [1.54, 1.807) is 0 Å². The highest BCUT2D eigenvalue weighted by Gasteiger charge is 2.19. The maximum Gasteiger partial charge on any atom is 0.0543 e. The zero-order valence-electron chi connectivity index (χ0n) is 21.3. The number of hydrogen-bond donors (Lipinski definition) is 0. The molecule has 2 aromatic heterocycles. The number of pyridine rings is 2. The first-order valence-corrected chi connectivity index (χ1v) is 13.0. The Morgan fingerprint density at radius 2 is 1.09 bits per heavy atom. The number of aromatic nitrogens is 2. The molecule has 0 bridgehead atoms. The van der Waals surface area contributed by atoms with Crippen LogP contribution in [0, 0.1) is 0 Å². The predicted octanol–water partition coefficient (Wildman–Crippen LogP) is 4.01. The summed E-state index contributed by atoms with van der Waals surface area (Å²) in [6, 6.07) is 23.8. The SMILES string of the molecule is CC(C)N1CCN(Cc2ccccn2)CCN(c2ccccc2)CCN(Cc2ccccn2)CC1. The molecule has 0 aliphatic carbocycles. The highest BCUT2D eigenvalue weighted by molar-refractivity contribution is 5.46. The third kappa shape index (κ3) is 8.13. The molecule has 0 unspecified atom stereocenters. The van der Waals surface area contributed by atoms with Crippen LogP contribution in [0.3, 0.4) is 0 Å². The van der Waals surface area contributed by atoms with Crippen molar-refractivity contribution in [1.29, 1.82) is 0 Å². The van der Waals surface area contributed by atoms with Crippen LogP contribution in [0.5, 0.6) is 0 Å². The van der Waals surface area contributed by atoms with Crippen molar-refractivity contribution >= 4 is 5.69 Å². The van der Waals surface area contributed by atoms with E-state index in [4.69, 9.17) is 0 Å². The molecule has 0 radical (unpaired) electrons. The average Bonchev–Trinajstić information content (AvgIpc) is 2.88. The Labute approximate surface area is 211 Å². The lowest BCUT2D eigenvalue weighted by Crippen LogP contribution is -2.47. The summed E-state index contributed by atoms with van der Waals surface area (Å²) in [5.74, 6) is 0. The van der Waals surface area contributed by atoms with Crippen molar-refractivity contribution in [2.75, 3.05) is 57.3 Å². The Kier molecular flexibility index (Phi) is 9.64. The average molecular weight is 473 g/mol. The molecule has 0 saturated carbocycles. The van der Waals surface area contributed by atoms with Gasteiger partial charge in [-0.05, 0) is 50.2 Å². The van der Waals surface area contributed by atoms with Gasteiger partial charge < -0.3 is 4.90 Å². The van der Waals surface area contributed by atoms with E-state index in [1.807, 2.05) is 24.5 Å². The molecule has 4 rings (SSSR count). The molecular weight excluding hydrogens is 432 g/mol. The fourth-order valence-corrected chi connectivity index (χ4v) is 4.68. The van der Waals surface area contributed by atoms with E-state index in [9.17, 15) is 0 Å². The molecule has 186 valence electrons. The van der Waals surface area contributed by atoms with E-state index in [0.717, 1.165) is 76.8 Å². The molecular formula is C29H40N6. The number of rotatable bonds is 6. The van der Waals surface area contributed by atoms with Crippen LogP contribution in [0.25, 0.3) is 0 Å². The van der Waals surface area contributed by atoms with Crippen LogP contribution in [0.1, 0.15) is 25.2 Å². The molecule has 6 heteroatoms. The molecule has 35 heavy (non-hydrogen) atoms. The summed E-state index contributed by atoms with van der Waals surface area (Å²) in [5.41, 5.74) is 3.58. The zero-order valence-corrected chi connectivity index (χ0v) is 21.3. The Hall–Kier alpha value is -2.80. The number of para-hydroxylation sites is 1. The van der Waals surface area contributed by atoms with E-state index in [0.29, 0.717) is 6.04 Å². The molecule has 1 aliphatic heterocycles. The predicted molar refractivity (Wildman–Crippen MR) is 144 cm³/mol. The van der Waals surface area contributed by atoms with Crippen LogP contribution in [0.2, 0.25) is 0 Å². The molecule has 1 aromatic carbocycles. The van der Waals surface area contributed by atoms with Gasteiger partial charge in [0.25, 0.3) is 0 Å². The van der Waals surface area contributed by atoms with Gasteiger partial charge in [-0.1, -0.05) is 30.3 Å². The van der Waals surface area contributed by atoms with Crippen LogP contribution >= 0.6 is 0 Å². The van der Waals surface area contributed by atoms with Gasteiger partial charge in [0, 0.05) is 89.6 Å². The van der Waals surface area contributed by atoms with Gasteiger partial charge in [-0.25, -0.2) is 0 Å². The largest absolute Gasteiger partial charge is 0.369 e. The molecule has 1 saturated heterocycles. The zero-order chi connectivity index (χ0) is 24.3. The van der Waals surface area contributed by atoms with E-state index in [-0.39, 0.29) is 0 Å². The molecule has 0 spiro atoms. The molecule has 1 aliphatic rings. The quantitative estimate of drug-likeness (QED) is 0.540. The fraction of sp³-hybridized carbons (Fsp3) is 0.448. The minimum atomic E-state index is 0.521. The number of anilines is 1. The van der Waals surface area contributed by atoms with Crippen molar-refractivity contribution in [2.45, 2.75) is 33.0 Å². The highest BCUT2D eigenvalue weighted by atomic mass is 15.3. The van der Waals surface area contributed by atoms with E-state index in [2.05, 4.69) is 98.0 Å². The highest BCUT2D eigenvalue weighted by Crippen LogP contribution is 2.15.